The molecule has 0 spiro atoms. The molecule has 6 heteroatoms. The number of carbonyl (C=O) groups is 2. The van der Waals surface area contributed by atoms with Crippen LogP contribution in [-0.4, -0.2) is 24.4 Å². The summed E-state index contributed by atoms with van der Waals surface area (Å²) in [5, 5.41) is 17.5. The van der Waals surface area contributed by atoms with Gasteiger partial charge < -0.3 is 16.0 Å². The molecule has 3 N–H and O–H groups in total. The van der Waals surface area contributed by atoms with E-state index in [0.717, 1.165) is 12.8 Å². The predicted molar refractivity (Wildman–Crippen MR) is 95.2 cm³/mol. The van der Waals surface area contributed by atoms with E-state index >= 15 is 0 Å². The third kappa shape index (κ3) is 4.58. The van der Waals surface area contributed by atoms with Crippen molar-refractivity contribution in [2.75, 3.05) is 17.2 Å². The highest BCUT2D eigenvalue weighted by Gasteiger charge is 2.24. The summed E-state index contributed by atoms with van der Waals surface area (Å²) in [7, 11) is 0. The maximum atomic E-state index is 12.2. The first-order valence-electron chi connectivity index (χ1n) is 8.09. The lowest BCUT2D eigenvalue weighted by atomic mass is 10.1. The minimum atomic E-state index is -0.269. The number of hydrogen-bond donors (Lipinski definition) is 3. The van der Waals surface area contributed by atoms with Gasteiger partial charge in [0.1, 0.15) is 0 Å². The lowest BCUT2D eigenvalue weighted by Crippen LogP contribution is -2.28. The molecule has 2 aromatic carbocycles. The van der Waals surface area contributed by atoms with Crippen LogP contribution >= 0.6 is 0 Å². The number of hydrogen-bond acceptors (Lipinski definition) is 4. The first-order valence-corrected chi connectivity index (χ1v) is 8.09. The van der Waals surface area contributed by atoms with Crippen LogP contribution in [0.2, 0.25) is 0 Å². The van der Waals surface area contributed by atoms with Gasteiger partial charge >= 0.3 is 0 Å². The molecule has 1 fully saturated rings. The molecule has 0 bridgehead atoms. The highest BCUT2D eigenvalue weighted by Crippen LogP contribution is 2.21. The molecule has 126 valence electrons. The average Bonchev–Trinajstić information content (AvgIpc) is 3.44. The maximum Gasteiger partial charge on any atom is 0.253 e. The molecule has 2 aromatic rings. The smallest absolute Gasteiger partial charge is 0.253 e. The third-order valence-corrected chi connectivity index (χ3v) is 3.80. The molecule has 1 aliphatic rings. The van der Waals surface area contributed by atoms with E-state index in [0.29, 0.717) is 22.5 Å². The Balaban J connectivity index is 1.60. The Hall–Kier alpha value is -3.33. The van der Waals surface area contributed by atoms with Crippen molar-refractivity contribution >= 4 is 23.2 Å². The molecule has 1 saturated carbocycles. The molecule has 0 unspecified atom stereocenters. The minimum Gasteiger partial charge on any atom is -0.376 e. The van der Waals surface area contributed by atoms with E-state index in [4.69, 9.17) is 5.26 Å². The van der Waals surface area contributed by atoms with Crippen LogP contribution in [0, 0.1) is 11.3 Å². The Bertz CT molecular complexity index is 837. The zero-order valence-electron chi connectivity index (χ0n) is 13.6. The van der Waals surface area contributed by atoms with Crippen LogP contribution in [-0.2, 0) is 4.79 Å². The van der Waals surface area contributed by atoms with Crippen molar-refractivity contribution in [2.45, 2.75) is 18.9 Å². The number of nitrogens with one attached hydrogen (secondary N) is 3. The summed E-state index contributed by atoms with van der Waals surface area (Å²) in [6, 6.07) is 16.1. The van der Waals surface area contributed by atoms with Crippen LogP contribution in [0.25, 0.3) is 0 Å². The first-order chi connectivity index (χ1) is 12.2. The number of nitriles is 1. The van der Waals surface area contributed by atoms with Crippen molar-refractivity contribution < 1.29 is 9.59 Å². The van der Waals surface area contributed by atoms with E-state index in [-0.39, 0.29) is 24.4 Å². The Kier molecular flexibility index (Phi) is 4.95. The van der Waals surface area contributed by atoms with Gasteiger partial charge in [-0.25, -0.2) is 0 Å². The summed E-state index contributed by atoms with van der Waals surface area (Å²) >= 11 is 0. The zero-order chi connectivity index (χ0) is 17.6. The largest absolute Gasteiger partial charge is 0.376 e. The standard InChI is InChI=1S/C19H18N4O2/c20-11-13-4-3-5-15(10-13)21-12-18(24)23-17-7-2-1-6-16(17)19(25)22-14-8-9-14/h1-7,10,14,21H,8-9,12H2,(H,22,25)(H,23,24). The molecule has 0 atom stereocenters. The average molecular weight is 334 g/mol. The number of carbonyl (C=O) groups excluding carboxylic acids is 2. The lowest BCUT2D eigenvalue weighted by molar-refractivity contribution is -0.114. The Morgan fingerprint density at radius 3 is 2.68 bits per heavy atom. The fraction of sp³-hybridized carbons (Fsp3) is 0.211. The van der Waals surface area contributed by atoms with Crippen molar-refractivity contribution in [3.05, 3.63) is 59.7 Å². The van der Waals surface area contributed by atoms with E-state index in [2.05, 4.69) is 22.0 Å². The second kappa shape index (κ2) is 7.49. The van der Waals surface area contributed by atoms with Gasteiger partial charge in [-0.05, 0) is 43.2 Å². The number of nitrogens with zero attached hydrogens (tertiary/aromatic N) is 1. The molecule has 6 nitrogen and oxygen atoms in total. The van der Waals surface area contributed by atoms with Crippen LogP contribution in [0.5, 0.6) is 0 Å². The van der Waals surface area contributed by atoms with Crippen molar-refractivity contribution in [3.8, 4) is 6.07 Å². The molecule has 0 aliphatic heterocycles. The van der Waals surface area contributed by atoms with Crippen molar-refractivity contribution in [1.82, 2.24) is 5.32 Å². The molecule has 3 rings (SSSR count). The topological polar surface area (TPSA) is 94.0 Å². The molecule has 0 aromatic heterocycles. The second-order valence-corrected chi connectivity index (χ2v) is 5.89. The van der Waals surface area contributed by atoms with Gasteiger partial charge in [0, 0.05) is 11.7 Å². The van der Waals surface area contributed by atoms with Gasteiger partial charge in [-0.2, -0.15) is 5.26 Å². The molecule has 25 heavy (non-hydrogen) atoms. The summed E-state index contributed by atoms with van der Waals surface area (Å²) in [6.07, 6.45) is 2.01. The molecule has 0 radical (unpaired) electrons. The van der Waals surface area contributed by atoms with Crippen LogP contribution in [0.1, 0.15) is 28.8 Å². The third-order valence-electron chi connectivity index (χ3n) is 3.80. The number of rotatable bonds is 6. The van der Waals surface area contributed by atoms with Gasteiger partial charge in [0.05, 0.1) is 29.4 Å². The number of para-hydroxylation sites is 1. The van der Waals surface area contributed by atoms with Crippen LogP contribution in [0.15, 0.2) is 48.5 Å². The predicted octanol–water partition coefficient (Wildman–Crippen LogP) is 2.50. The fourth-order valence-electron chi connectivity index (χ4n) is 2.36. The second-order valence-electron chi connectivity index (χ2n) is 5.89. The van der Waals surface area contributed by atoms with Gasteiger partial charge in [-0.15, -0.1) is 0 Å². The van der Waals surface area contributed by atoms with Crippen molar-refractivity contribution in [3.63, 3.8) is 0 Å². The summed E-state index contributed by atoms with van der Waals surface area (Å²) in [4.78, 5) is 24.4. The van der Waals surface area contributed by atoms with Crippen LogP contribution in [0.3, 0.4) is 0 Å². The van der Waals surface area contributed by atoms with Crippen LogP contribution in [0.4, 0.5) is 11.4 Å². The fourth-order valence-corrected chi connectivity index (χ4v) is 2.36. The monoisotopic (exact) mass is 334 g/mol. The Morgan fingerprint density at radius 2 is 1.92 bits per heavy atom. The molecule has 2 amide bonds. The van der Waals surface area contributed by atoms with Gasteiger partial charge in [0.15, 0.2) is 0 Å². The maximum absolute atomic E-state index is 12.2. The molecule has 0 heterocycles. The van der Waals surface area contributed by atoms with Gasteiger partial charge in [0.2, 0.25) is 5.91 Å². The summed E-state index contributed by atoms with van der Waals surface area (Å²) < 4.78 is 0. The van der Waals surface area contributed by atoms with Crippen molar-refractivity contribution in [2.24, 2.45) is 0 Å². The van der Waals surface area contributed by atoms with E-state index in [1.807, 2.05) is 0 Å². The summed E-state index contributed by atoms with van der Waals surface area (Å²) in [5.41, 5.74) is 2.15. The first kappa shape index (κ1) is 16.5. The van der Waals surface area contributed by atoms with Crippen LogP contribution < -0.4 is 16.0 Å². The SMILES string of the molecule is N#Cc1cccc(NCC(=O)Nc2ccccc2C(=O)NC2CC2)c1. The van der Waals surface area contributed by atoms with Gasteiger partial charge in [-0.1, -0.05) is 18.2 Å². The van der Waals surface area contributed by atoms with Gasteiger partial charge in [-0.3, -0.25) is 9.59 Å². The Labute approximate surface area is 145 Å². The summed E-state index contributed by atoms with van der Waals surface area (Å²) in [6.45, 7) is 0.0352. The molecular weight excluding hydrogens is 316 g/mol. The van der Waals surface area contributed by atoms with Gasteiger partial charge in [0.25, 0.3) is 5.91 Å². The van der Waals surface area contributed by atoms with E-state index in [1.54, 1.807) is 48.5 Å². The number of benzene rings is 2. The van der Waals surface area contributed by atoms with Crippen molar-refractivity contribution in [1.29, 1.82) is 5.26 Å². The van der Waals surface area contributed by atoms with E-state index in [1.165, 1.54) is 0 Å². The molecular formula is C19H18N4O2. The molecule has 1 aliphatic carbocycles. The highest BCUT2D eigenvalue weighted by atomic mass is 16.2. The summed E-state index contributed by atoms with van der Waals surface area (Å²) in [5.74, 6) is -0.442. The highest BCUT2D eigenvalue weighted by molar-refractivity contribution is 6.04. The zero-order valence-corrected chi connectivity index (χ0v) is 13.6. The molecule has 0 saturated heterocycles. The minimum absolute atomic E-state index is 0.0352. The normalized spacial score (nSPS) is 12.8. The lowest BCUT2D eigenvalue weighted by Gasteiger charge is -2.12. The quantitative estimate of drug-likeness (QED) is 0.756. The van der Waals surface area contributed by atoms with E-state index < -0.39 is 0 Å². The number of amides is 2. The number of anilines is 2. The van der Waals surface area contributed by atoms with E-state index in [9.17, 15) is 9.59 Å². The Morgan fingerprint density at radius 1 is 1.12 bits per heavy atom.